The van der Waals surface area contributed by atoms with E-state index in [4.69, 9.17) is 6.57 Å². The van der Waals surface area contributed by atoms with Crippen LogP contribution in [0.25, 0.3) is 120 Å². The van der Waals surface area contributed by atoms with Crippen LogP contribution in [0.3, 0.4) is 0 Å². The van der Waals surface area contributed by atoms with Crippen LogP contribution in [0, 0.1) is 17.9 Å². The van der Waals surface area contributed by atoms with Crippen molar-refractivity contribution in [3.05, 3.63) is 229 Å². The third kappa shape index (κ3) is 5.37. The summed E-state index contributed by atoms with van der Waals surface area (Å²) in [6.45, 7) is 8.57. The number of hydrogen-bond acceptors (Lipinski definition) is 1. The van der Waals surface area contributed by atoms with E-state index in [0.717, 1.165) is 93.4 Å². The van der Waals surface area contributed by atoms with E-state index in [1.807, 2.05) is 24.3 Å². The maximum Gasteiger partial charge on any atom is 0.212 e. The fourth-order valence-corrected chi connectivity index (χ4v) is 10.4. The van der Waals surface area contributed by atoms with Gasteiger partial charge in [0.25, 0.3) is 0 Å². The van der Waals surface area contributed by atoms with E-state index in [1.54, 1.807) is 0 Å². The van der Waals surface area contributed by atoms with E-state index in [2.05, 4.69) is 213 Å². The van der Waals surface area contributed by atoms with Gasteiger partial charge in [0.15, 0.2) is 0 Å². The van der Waals surface area contributed by atoms with Gasteiger partial charge in [-0.15, -0.1) is 0 Å². The van der Waals surface area contributed by atoms with Gasteiger partial charge in [-0.25, -0.2) is 4.85 Å². The zero-order valence-electron chi connectivity index (χ0n) is 34.9. The number of rotatable bonds is 5. The summed E-state index contributed by atoms with van der Waals surface area (Å²) in [5.41, 5.74) is 13.7. The molecular formula is C60H35N5. The average Bonchev–Trinajstić information content (AvgIpc) is 4.01. The van der Waals surface area contributed by atoms with Gasteiger partial charge in [-0.2, -0.15) is 5.26 Å². The average molecular weight is 826 g/mol. The molecule has 5 nitrogen and oxygen atoms in total. The minimum Gasteiger partial charge on any atom is -0.318 e. The Morgan fingerprint density at radius 1 is 0.385 bits per heavy atom. The smallest absolute Gasteiger partial charge is 0.212 e. The first-order valence-electron chi connectivity index (χ1n) is 21.8. The number of aromatic nitrogens is 3. The zero-order chi connectivity index (χ0) is 43.2. The molecule has 0 aliphatic carbocycles. The van der Waals surface area contributed by atoms with Crippen molar-refractivity contribution in [1.82, 2.24) is 13.7 Å². The molecule has 0 saturated carbocycles. The van der Waals surface area contributed by atoms with Gasteiger partial charge in [-0.3, -0.25) is 0 Å². The minimum absolute atomic E-state index is 0.406. The van der Waals surface area contributed by atoms with E-state index in [1.165, 1.54) is 10.8 Å². The summed E-state index contributed by atoms with van der Waals surface area (Å²) in [7, 11) is 0. The molecule has 0 N–H and O–H groups in total. The topological polar surface area (TPSA) is 42.9 Å². The zero-order valence-corrected chi connectivity index (χ0v) is 34.9. The lowest BCUT2D eigenvalue weighted by Crippen LogP contribution is -2.04. The fraction of sp³-hybridized carbons (Fsp3) is 0. The van der Waals surface area contributed by atoms with Gasteiger partial charge in [0, 0.05) is 38.0 Å². The summed E-state index contributed by atoms with van der Waals surface area (Å²) in [5.74, 6) is 0. The summed E-state index contributed by atoms with van der Waals surface area (Å²) in [4.78, 5) is 4.12. The highest BCUT2D eigenvalue weighted by Crippen LogP contribution is 2.45. The van der Waals surface area contributed by atoms with Crippen LogP contribution in [0.1, 0.15) is 5.56 Å². The summed E-state index contributed by atoms with van der Waals surface area (Å²) in [6, 6.07) is 77.2. The Bertz CT molecular complexity index is 4040. The molecule has 0 aliphatic heterocycles. The maximum absolute atomic E-state index is 11.5. The van der Waals surface area contributed by atoms with E-state index >= 15 is 0 Å². The first-order chi connectivity index (χ1) is 32.2. The molecule has 5 heteroatoms. The number of fused-ring (bicyclic) bond motifs is 11. The molecule has 0 aliphatic rings. The van der Waals surface area contributed by atoms with Crippen LogP contribution >= 0.6 is 0 Å². The second-order valence-corrected chi connectivity index (χ2v) is 16.7. The predicted octanol–water partition coefficient (Wildman–Crippen LogP) is 15.9. The Kier molecular flexibility index (Phi) is 7.97. The molecule has 0 spiro atoms. The molecule has 0 atom stereocenters. The Morgan fingerprint density at radius 3 is 1.52 bits per heavy atom. The molecule has 13 aromatic rings. The molecular weight excluding hydrogens is 791 g/mol. The molecule has 0 amide bonds. The molecule has 0 saturated heterocycles. The van der Waals surface area contributed by atoms with Crippen LogP contribution < -0.4 is 0 Å². The van der Waals surface area contributed by atoms with Gasteiger partial charge < -0.3 is 13.7 Å². The lowest BCUT2D eigenvalue weighted by Gasteiger charge is -2.18. The Labute approximate surface area is 373 Å². The Morgan fingerprint density at radius 2 is 0.908 bits per heavy atom. The molecule has 0 bridgehead atoms. The maximum atomic E-state index is 11.5. The quantitative estimate of drug-likeness (QED) is 0.159. The van der Waals surface area contributed by atoms with Gasteiger partial charge in [0.2, 0.25) is 5.69 Å². The van der Waals surface area contributed by atoms with Gasteiger partial charge in [-0.05, 0) is 99.8 Å². The van der Waals surface area contributed by atoms with Crippen molar-refractivity contribution in [2.75, 3.05) is 0 Å². The lowest BCUT2D eigenvalue weighted by molar-refractivity contribution is 1.12. The summed E-state index contributed by atoms with van der Waals surface area (Å²) in [5, 5.41) is 20.5. The van der Waals surface area contributed by atoms with Crippen LogP contribution in [-0.4, -0.2) is 13.7 Å². The monoisotopic (exact) mass is 825 g/mol. The molecule has 0 unspecified atom stereocenters. The first-order valence-corrected chi connectivity index (χ1v) is 21.8. The van der Waals surface area contributed by atoms with Crippen molar-refractivity contribution in [2.45, 2.75) is 0 Å². The Hall–Kier alpha value is -9.16. The van der Waals surface area contributed by atoms with Crippen LogP contribution in [0.5, 0.6) is 0 Å². The standard InChI is InChI=1S/C60H35N5/c1-62-51-28-33-57(50(37-61)60(51)65-54-29-25-41(38-14-4-2-5-15-38)34-47(54)48-35-42(26-30-55(48)65)39-16-6-3-7-17-39)64-56-32-27-43(36-49(56)59-44-19-9-8-18-40(44)24-31-58(59)64)63-52-22-12-10-20-45(52)46-21-11-13-23-53(46)63/h2-36H. The van der Waals surface area contributed by atoms with Crippen molar-refractivity contribution in [3.63, 3.8) is 0 Å². The summed E-state index contributed by atoms with van der Waals surface area (Å²) >= 11 is 0. The third-order valence-electron chi connectivity index (χ3n) is 13.3. The lowest BCUT2D eigenvalue weighted by atomic mass is 10.0. The molecule has 3 heterocycles. The summed E-state index contributed by atoms with van der Waals surface area (Å²) < 4.78 is 6.74. The molecule has 65 heavy (non-hydrogen) atoms. The molecule has 13 rings (SSSR count). The number of benzene rings is 10. The number of nitriles is 1. The Balaban J connectivity index is 1.11. The van der Waals surface area contributed by atoms with Crippen molar-refractivity contribution in [1.29, 1.82) is 5.26 Å². The van der Waals surface area contributed by atoms with Crippen molar-refractivity contribution >= 4 is 81.9 Å². The normalized spacial score (nSPS) is 11.7. The highest BCUT2D eigenvalue weighted by atomic mass is 15.0. The van der Waals surface area contributed by atoms with Gasteiger partial charge >= 0.3 is 0 Å². The first kappa shape index (κ1) is 36.5. The number of hydrogen-bond donors (Lipinski definition) is 0. The van der Waals surface area contributed by atoms with Gasteiger partial charge in [-0.1, -0.05) is 146 Å². The van der Waals surface area contributed by atoms with Crippen LogP contribution in [0.2, 0.25) is 0 Å². The number of nitrogens with zero attached hydrogens (tertiary/aromatic N) is 5. The van der Waals surface area contributed by atoms with Gasteiger partial charge in [0.05, 0.1) is 56.6 Å². The van der Waals surface area contributed by atoms with Crippen LogP contribution in [0.15, 0.2) is 212 Å². The van der Waals surface area contributed by atoms with Gasteiger partial charge in [0.1, 0.15) is 6.07 Å². The number of para-hydroxylation sites is 2. The van der Waals surface area contributed by atoms with Crippen molar-refractivity contribution < 1.29 is 0 Å². The van der Waals surface area contributed by atoms with Crippen molar-refractivity contribution in [2.24, 2.45) is 0 Å². The van der Waals surface area contributed by atoms with Crippen LogP contribution in [-0.2, 0) is 0 Å². The highest BCUT2D eigenvalue weighted by Gasteiger charge is 2.25. The largest absolute Gasteiger partial charge is 0.318 e. The van der Waals surface area contributed by atoms with E-state index in [9.17, 15) is 5.26 Å². The highest BCUT2D eigenvalue weighted by molar-refractivity contribution is 6.22. The SMILES string of the molecule is [C-]#[N+]c1ccc(-n2c3ccc(-n4c5ccccc5c5ccccc54)cc3c3c4ccccc4ccc32)c(C#N)c1-n1c2ccc(-c3ccccc3)cc2c2cc(-c3ccccc3)ccc21. The van der Waals surface area contributed by atoms with Crippen LogP contribution in [0.4, 0.5) is 5.69 Å². The van der Waals surface area contributed by atoms with Crippen molar-refractivity contribution in [3.8, 4) is 45.4 Å². The molecule has 10 aromatic carbocycles. The minimum atomic E-state index is 0.406. The molecule has 3 aromatic heterocycles. The molecule has 0 fully saturated rings. The second kappa shape index (κ2) is 14.2. The predicted molar refractivity (Wildman–Crippen MR) is 269 cm³/mol. The second-order valence-electron chi connectivity index (χ2n) is 16.7. The summed E-state index contributed by atoms with van der Waals surface area (Å²) in [6.07, 6.45) is 0. The fourth-order valence-electron chi connectivity index (χ4n) is 10.4. The van der Waals surface area contributed by atoms with E-state index in [0.29, 0.717) is 22.6 Å². The molecule has 0 radical (unpaired) electrons. The van der Waals surface area contributed by atoms with E-state index < -0.39 is 0 Å². The molecule has 300 valence electrons. The third-order valence-corrected chi connectivity index (χ3v) is 13.3. The van der Waals surface area contributed by atoms with E-state index in [-0.39, 0.29) is 0 Å².